The third-order valence-electron chi connectivity index (χ3n) is 4.43. The Morgan fingerprint density at radius 1 is 0.739 bits per heavy atom. The summed E-state index contributed by atoms with van der Waals surface area (Å²) in [5.74, 6) is 0. The molecule has 2 aromatic rings. The fourth-order valence-electron chi connectivity index (χ4n) is 3.19. The highest BCUT2D eigenvalue weighted by molar-refractivity contribution is 5.85. The summed E-state index contributed by atoms with van der Waals surface area (Å²) in [6.45, 7) is 6.96. The minimum absolute atomic E-state index is 0. The van der Waals surface area contributed by atoms with Crippen LogP contribution in [0.4, 0.5) is 0 Å². The number of nitrogens with zero attached hydrogens (tertiary/aromatic N) is 2. The second-order valence-corrected chi connectivity index (χ2v) is 6.23. The molecule has 1 aliphatic rings. The monoisotopic (exact) mass is 330 g/mol. The molecule has 1 saturated heterocycles. The molecule has 0 bridgehead atoms. The molecule has 0 amide bonds. The van der Waals surface area contributed by atoms with Crippen LogP contribution in [-0.4, -0.2) is 36.0 Å². The van der Waals surface area contributed by atoms with Crippen molar-refractivity contribution in [2.24, 2.45) is 0 Å². The maximum Gasteiger partial charge on any atom is 0.0237 e. The Hall–Kier alpha value is -1.35. The van der Waals surface area contributed by atoms with Crippen LogP contribution in [0.1, 0.15) is 24.0 Å². The fourth-order valence-corrected chi connectivity index (χ4v) is 3.19. The van der Waals surface area contributed by atoms with Crippen molar-refractivity contribution in [3.8, 4) is 0 Å². The van der Waals surface area contributed by atoms with Crippen LogP contribution >= 0.6 is 12.4 Å². The molecule has 0 unspecified atom stereocenters. The van der Waals surface area contributed by atoms with Gasteiger partial charge in [-0.1, -0.05) is 60.7 Å². The lowest BCUT2D eigenvalue weighted by atomic mass is 10.1. The standard InChI is InChI=1S/C20H26N2.ClH/c1-3-9-19(10-4-1)17-22(16-15-21-13-7-8-14-21)18-20-11-5-2-6-12-20;/h1-6,9-12H,7-8,13-18H2;1H. The van der Waals surface area contributed by atoms with Gasteiger partial charge < -0.3 is 4.90 Å². The van der Waals surface area contributed by atoms with E-state index in [9.17, 15) is 0 Å². The molecule has 0 N–H and O–H groups in total. The van der Waals surface area contributed by atoms with Crippen LogP contribution in [0.3, 0.4) is 0 Å². The van der Waals surface area contributed by atoms with Crippen molar-refractivity contribution in [1.29, 1.82) is 0 Å². The van der Waals surface area contributed by atoms with E-state index in [4.69, 9.17) is 0 Å². The lowest BCUT2D eigenvalue weighted by Gasteiger charge is -2.25. The lowest BCUT2D eigenvalue weighted by Crippen LogP contribution is -2.33. The largest absolute Gasteiger partial charge is 0.302 e. The Balaban J connectivity index is 0.00000192. The van der Waals surface area contributed by atoms with Crippen molar-refractivity contribution in [2.75, 3.05) is 26.2 Å². The van der Waals surface area contributed by atoms with Gasteiger partial charge in [0, 0.05) is 26.2 Å². The summed E-state index contributed by atoms with van der Waals surface area (Å²) < 4.78 is 0. The molecular weight excluding hydrogens is 304 g/mol. The quantitative estimate of drug-likeness (QED) is 0.750. The number of benzene rings is 2. The van der Waals surface area contributed by atoms with Crippen LogP contribution in [0, 0.1) is 0 Å². The van der Waals surface area contributed by atoms with Gasteiger partial charge >= 0.3 is 0 Å². The van der Waals surface area contributed by atoms with Crippen molar-refractivity contribution in [3.05, 3.63) is 71.8 Å². The number of likely N-dealkylation sites (tertiary alicyclic amines) is 1. The van der Waals surface area contributed by atoms with Gasteiger partial charge in [0.2, 0.25) is 0 Å². The molecule has 1 heterocycles. The fraction of sp³-hybridized carbons (Fsp3) is 0.400. The first-order chi connectivity index (χ1) is 10.9. The van der Waals surface area contributed by atoms with E-state index in [0.29, 0.717) is 0 Å². The van der Waals surface area contributed by atoms with Crippen LogP contribution < -0.4 is 0 Å². The Labute approximate surface area is 146 Å². The van der Waals surface area contributed by atoms with E-state index in [0.717, 1.165) is 19.6 Å². The molecule has 0 aromatic heterocycles. The molecule has 0 radical (unpaired) electrons. The summed E-state index contributed by atoms with van der Waals surface area (Å²) >= 11 is 0. The average molecular weight is 331 g/mol. The summed E-state index contributed by atoms with van der Waals surface area (Å²) in [7, 11) is 0. The first kappa shape index (κ1) is 18.0. The second-order valence-electron chi connectivity index (χ2n) is 6.23. The normalized spacial score (nSPS) is 14.8. The smallest absolute Gasteiger partial charge is 0.0237 e. The van der Waals surface area contributed by atoms with E-state index in [1.165, 1.54) is 43.6 Å². The van der Waals surface area contributed by atoms with Crippen LogP contribution in [-0.2, 0) is 13.1 Å². The minimum atomic E-state index is 0. The third kappa shape index (κ3) is 5.98. The summed E-state index contributed by atoms with van der Waals surface area (Å²) in [5.41, 5.74) is 2.81. The lowest BCUT2D eigenvalue weighted by molar-refractivity contribution is 0.212. The van der Waals surface area contributed by atoms with E-state index in [1.807, 2.05) is 0 Å². The van der Waals surface area contributed by atoms with Crippen LogP contribution in [0.25, 0.3) is 0 Å². The van der Waals surface area contributed by atoms with Gasteiger partial charge in [0.25, 0.3) is 0 Å². The maximum absolute atomic E-state index is 2.60. The number of halogens is 1. The molecule has 2 aromatic carbocycles. The molecule has 124 valence electrons. The molecule has 3 rings (SSSR count). The van der Waals surface area contributed by atoms with E-state index < -0.39 is 0 Å². The molecule has 3 heteroatoms. The highest BCUT2D eigenvalue weighted by atomic mass is 35.5. The van der Waals surface area contributed by atoms with Crippen molar-refractivity contribution < 1.29 is 0 Å². The number of hydrogen-bond donors (Lipinski definition) is 0. The highest BCUT2D eigenvalue weighted by Crippen LogP contribution is 2.12. The second kappa shape index (κ2) is 9.71. The Morgan fingerprint density at radius 3 is 1.70 bits per heavy atom. The van der Waals surface area contributed by atoms with E-state index in [1.54, 1.807) is 0 Å². The minimum Gasteiger partial charge on any atom is -0.302 e. The first-order valence-electron chi connectivity index (χ1n) is 8.43. The van der Waals surface area contributed by atoms with Crippen molar-refractivity contribution in [1.82, 2.24) is 9.80 Å². The molecule has 2 nitrogen and oxygen atoms in total. The molecule has 0 saturated carbocycles. The Morgan fingerprint density at radius 2 is 1.22 bits per heavy atom. The average Bonchev–Trinajstić information content (AvgIpc) is 3.08. The topological polar surface area (TPSA) is 6.48 Å². The van der Waals surface area contributed by atoms with Crippen LogP contribution in [0.15, 0.2) is 60.7 Å². The molecule has 0 spiro atoms. The van der Waals surface area contributed by atoms with Crippen molar-refractivity contribution in [3.63, 3.8) is 0 Å². The SMILES string of the molecule is Cl.c1ccc(CN(CCN2CCCC2)Cc2ccccc2)cc1. The van der Waals surface area contributed by atoms with Gasteiger partial charge in [-0.05, 0) is 37.1 Å². The third-order valence-corrected chi connectivity index (χ3v) is 4.43. The zero-order chi connectivity index (χ0) is 15.0. The van der Waals surface area contributed by atoms with Crippen molar-refractivity contribution >= 4 is 12.4 Å². The van der Waals surface area contributed by atoms with E-state index in [2.05, 4.69) is 70.5 Å². The number of hydrogen-bond acceptors (Lipinski definition) is 2. The number of rotatable bonds is 7. The Kier molecular flexibility index (Phi) is 7.60. The van der Waals surface area contributed by atoms with Crippen molar-refractivity contribution in [2.45, 2.75) is 25.9 Å². The molecular formula is C20H27ClN2. The zero-order valence-corrected chi connectivity index (χ0v) is 14.5. The van der Waals surface area contributed by atoms with E-state index in [-0.39, 0.29) is 12.4 Å². The molecule has 1 aliphatic heterocycles. The van der Waals surface area contributed by atoms with Crippen LogP contribution in [0.5, 0.6) is 0 Å². The van der Waals surface area contributed by atoms with Gasteiger partial charge in [0.05, 0.1) is 0 Å². The summed E-state index contributed by atoms with van der Waals surface area (Å²) in [4.78, 5) is 5.17. The zero-order valence-electron chi connectivity index (χ0n) is 13.7. The predicted molar refractivity (Wildman–Crippen MR) is 99.9 cm³/mol. The van der Waals surface area contributed by atoms with E-state index >= 15 is 0 Å². The summed E-state index contributed by atoms with van der Waals surface area (Å²) in [6, 6.07) is 21.6. The molecule has 0 atom stereocenters. The van der Waals surface area contributed by atoms with Gasteiger partial charge in [0.15, 0.2) is 0 Å². The highest BCUT2D eigenvalue weighted by Gasteiger charge is 2.13. The van der Waals surface area contributed by atoms with Gasteiger partial charge in [-0.25, -0.2) is 0 Å². The molecule has 0 aliphatic carbocycles. The van der Waals surface area contributed by atoms with Gasteiger partial charge in [-0.3, -0.25) is 4.90 Å². The van der Waals surface area contributed by atoms with Gasteiger partial charge in [-0.15, -0.1) is 12.4 Å². The van der Waals surface area contributed by atoms with Crippen LogP contribution in [0.2, 0.25) is 0 Å². The predicted octanol–water partition coefficient (Wildman–Crippen LogP) is 4.21. The van der Waals surface area contributed by atoms with Gasteiger partial charge in [0.1, 0.15) is 0 Å². The molecule has 23 heavy (non-hydrogen) atoms. The Bertz CT molecular complexity index is 497. The summed E-state index contributed by atoms with van der Waals surface area (Å²) in [6.07, 6.45) is 2.74. The van der Waals surface area contributed by atoms with Gasteiger partial charge in [-0.2, -0.15) is 0 Å². The first-order valence-corrected chi connectivity index (χ1v) is 8.43. The maximum atomic E-state index is 2.60. The molecule has 1 fully saturated rings. The summed E-state index contributed by atoms with van der Waals surface area (Å²) in [5, 5.41) is 0.